The van der Waals surface area contributed by atoms with E-state index in [4.69, 9.17) is 39.1 Å². The van der Waals surface area contributed by atoms with Crippen LogP contribution in [-0.2, 0) is 18.3 Å². The normalized spacial score (nSPS) is 16.5. The predicted octanol–water partition coefficient (Wildman–Crippen LogP) is -1.65. The molecule has 1 atom stereocenters. The molecule has 0 aliphatic rings. The van der Waals surface area contributed by atoms with E-state index in [9.17, 15) is 18.3 Å². The van der Waals surface area contributed by atoms with Gasteiger partial charge in [0.1, 0.15) is 0 Å². The number of rotatable bonds is 7. The Balaban J connectivity index is 5.65. The van der Waals surface area contributed by atoms with Crippen LogP contribution in [0.5, 0.6) is 0 Å². The van der Waals surface area contributed by atoms with Crippen molar-refractivity contribution in [1.82, 2.24) is 8.88 Å². The first-order valence-corrected chi connectivity index (χ1v) is 11.0. The summed E-state index contributed by atoms with van der Waals surface area (Å²) in [7, 11) is -22.3. The number of nitrogens with zero attached hydrogens (tertiary/aromatic N) is 2. The first-order chi connectivity index (χ1) is 8.88. The van der Waals surface area contributed by atoms with E-state index in [1.807, 2.05) is 0 Å². The molecule has 0 aromatic rings. The summed E-state index contributed by atoms with van der Waals surface area (Å²) in [6.07, 6.45) is 0. The molecular formula is C3H14N2O12P4. The molecule has 1 unspecified atom stereocenters. The van der Waals surface area contributed by atoms with Crippen LogP contribution < -0.4 is 0 Å². The van der Waals surface area contributed by atoms with E-state index in [0.717, 1.165) is 0 Å². The summed E-state index contributed by atoms with van der Waals surface area (Å²) < 4.78 is 42.5. The van der Waals surface area contributed by atoms with Gasteiger partial charge in [-0.15, -0.1) is 8.88 Å². The Morgan fingerprint density at radius 1 is 0.714 bits per heavy atom. The molecule has 18 heteroatoms. The highest BCUT2D eigenvalue weighted by molar-refractivity contribution is 7.65. The molecule has 0 saturated carbocycles. The van der Waals surface area contributed by atoms with Crippen LogP contribution in [0.2, 0.25) is 0 Å². The molecule has 14 nitrogen and oxygen atoms in total. The van der Waals surface area contributed by atoms with E-state index in [-0.39, 0.29) is 0 Å². The first-order valence-electron chi connectivity index (χ1n) is 4.69. The molecule has 0 saturated heterocycles. The van der Waals surface area contributed by atoms with Crippen LogP contribution in [0.3, 0.4) is 0 Å². The second-order valence-corrected chi connectivity index (χ2v) is 10.3. The van der Waals surface area contributed by atoms with Gasteiger partial charge in [-0.25, -0.2) is 18.3 Å². The second kappa shape index (κ2) is 6.56. The fraction of sp³-hybridized carbons (Fsp3) is 1.00. The van der Waals surface area contributed by atoms with Crippen molar-refractivity contribution in [3.8, 4) is 0 Å². The third-order valence-corrected chi connectivity index (χ3v) is 8.14. The zero-order chi connectivity index (χ0) is 17.4. The minimum atomic E-state index is -5.58. The maximum absolute atomic E-state index is 11.0. The standard InChI is InChI=1S/C3H14N2O12P4/c1-3(5(20(12,13)14)21(15,16)17)2-4(18(6,7)8)19(9,10)11/h3H,2H2,1H3,(H2,6,7,8)(H2,9,10,11)(H2,12,13,14)(H2,15,16,17). The maximum Gasteiger partial charge on any atom is 0.412 e. The van der Waals surface area contributed by atoms with Crippen molar-refractivity contribution in [1.29, 1.82) is 0 Å². The van der Waals surface area contributed by atoms with E-state index in [1.54, 1.807) is 0 Å². The summed E-state index contributed by atoms with van der Waals surface area (Å²) in [6, 6.07) is -2.01. The Bertz CT molecular complexity index is 507. The average Bonchev–Trinajstić information content (AvgIpc) is 2.04. The Hall–Kier alpha value is 0.520. The van der Waals surface area contributed by atoms with E-state index in [1.165, 1.54) is 0 Å². The van der Waals surface area contributed by atoms with E-state index >= 15 is 0 Å². The summed E-state index contributed by atoms with van der Waals surface area (Å²) in [4.78, 5) is 70.5. The monoisotopic (exact) mass is 394 g/mol. The second-order valence-electron chi connectivity index (χ2n) is 3.78. The quantitative estimate of drug-likeness (QED) is 0.226. The van der Waals surface area contributed by atoms with E-state index < -0.39 is 52.5 Å². The van der Waals surface area contributed by atoms with Crippen LogP contribution in [0.4, 0.5) is 0 Å². The van der Waals surface area contributed by atoms with Crippen LogP contribution >= 0.6 is 31.0 Å². The van der Waals surface area contributed by atoms with Crippen molar-refractivity contribution in [3.05, 3.63) is 0 Å². The molecule has 21 heavy (non-hydrogen) atoms. The summed E-state index contributed by atoms with van der Waals surface area (Å²) in [5.74, 6) is 0. The van der Waals surface area contributed by atoms with Gasteiger partial charge in [-0.1, -0.05) is 0 Å². The Morgan fingerprint density at radius 3 is 1.19 bits per heavy atom. The van der Waals surface area contributed by atoms with Crippen LogP contribution in [0.1, 0.15) is 6.92 Å². The molecule has 0 amide bonds. The van der Waals surface area contributed by atoms with Crippen molar-refractivity contribution in [3.63, 3.8) is 0 Å². The summed E-state index contributed by atoms with van der Waals surface area (Å²) in [5, 5.41) is 0. The van der Waals surface area contributed by atoms with Crippen molar-refractivity contribution in [2.75, 3.05) is 6.54 Å². The fourth-order valence-electron chi connectivity index (χ4n) is 1.34. The molecular weight excluding hydrogens is 380 g/mol. The van der Waals surface area contributed by atoms with Gasteiger partial charge in [-0.05, 0) is 6.92 Å². The van der Waals surface area contributed by atoms with Gasteiger partial charge in [-0.3, -0.25) is 0 Å². The van der Waals surface area contributed by atoms with Crippen LogP contribution in [-0.4, -0.2) is 60.6 Å². The van der Waals surface area contributed by atoms with Crippen LogP contribution in [0.25, 0.3) is 0 Å². The molecule has 0 aromatic heterocycles. The largest absolute Gasteiger partial charge is 0.412 e. The van der Waals surface area contributed by atoms with Gasteiger partial charge < -0.3 is 39.1 Å². The van der Waals surface area contributed by atoms with Crippen molar-refractivity contribution >= 4 is 31.0 Å². The highest BCUT2D eigenvalue weighted by atomic mass is 31.3. The van der Waals surface area contributed by atoms with Gasteiger partial charge in [0.15, 0.2) is 0 Å². The third kappa shape index (κ3) is 6.66. The topological polar surface area (TPSA) is 237 Å². The summed E-state index contributed by atoms with van der Waals surface area (Å²) in [6.45, 7) is -0.721. The lowest BCUT2D eigenvalue weighted by Gasteiger charge is -2.32. The van der Waals surface area contributed by atoms with Gasteiger partial charge in [0.05, 0.1) is 0 Å². The number of hydrogen-bond acceptors (Lipinski definition) is 4. The highest BCUT2D eigenvalue weighted by Crippen LogP contribution is 2.62. The first kappa shape index (κ1) is 21.5. The lowest BCUT2D eigenvalue weighted by Crippen LogP contribution is -2.36. The molecule has 0 spiro atoms. The molecule has 0 radical (unpaired) electrons. The molecule has 0 rings (SSSR count). The molecule has 0 aliphatic heterocycles. The van der Waals surface area contributed by atoms with Crippen molar-refractivity contribution in [2.45, 2.75) is 13.0 Å². The van der Waals surface area contributed by atoms with Gasteiger partial charge in [0.2, 0.25) is 0 Å². The molecule has 0 aliphatic carbocycles. The highest BCUT2D eigenvalue weighted by Gasteiger charge is 2.48. The van der Waals surface area contributed by atoms with Crippen molar-refractivity contribution < 1.29 is 57.4 Å². The Morgan fingerprint density at radius 2 is 1.00 bits per heavy atom. The fourth-order valence-corrected chi connectivity index (χ4v) is 5.84. The van der Waals surface area contributed by atoms with Crippen LogP contribution in [0.15, 0.2) is 0 Å². The molecule has 8 N–H and O–H groups in total. The third-order valence-electron chi connectivity index (χ3n) is 1.96. The lowest BCUT2D eigenvalue weighted by atomic mass is 10.4. The summed E-state index contributed by atoms with van der Waals surface area (Å²) in [5.41, 5.74) is 0. The average molecular weight is 394 g/mol. The number of hydrogen-bond donors (Lipinski definition) is 8. The molecule has 0 aromatic carbocycles. The molecule has 0 heterocycles. The van der Waals surface area contributed by atoms with Gasteiger partial charge in [-0.2, -0.15) is 0 Å². The maximum atomic E-state index is 11.0. The minimum absolute atomic E-state index is 0.696. The van der Waals surface area contributed by atoms with Crippen molar-refractivity contribution in [2.24, 2.45) is 0 Å². The lowest BCUT2D eigenvalue weighted by molar-refractivity contribution is 0.215. The van der Waals surface area contributed by atoms with Gasteiger partial charge in [0.25, 0.3) is 0 Å². The Labute approximate surface area is 117 Å². The van der Waals surface area contributed by atoms with E-state index in [2.05, 4.69) is 0 Å². The molecule has 0 fully saturated rings. The zero-order valence-electron chi connectivity index (χ0n) is 10.2. The van der Waals surface area contributed by atoms with E-state index in [0.29, 0.717) is 6.92 Å². The molecule has 0 bridgehead atoms. The summed E-state index contributed by atoms with van der Waals surface area (Å²) >= 11 is 0. The smallest absolute Gasteiger partial charge is 0.312 e. The Kier molecular flexibility index (Phi) is 6.72. The predicted molar refractivity (Wildman–Crippen MR) is 66.2 cm³/mol. The minimum Gasteiger partial charge on any atom is -0.312 e. The van der Waals surface area contributed by atoms with Gasteiger partial charge >= 0.3 is 31.0 Å². The van der Waals surface area contributed by atoms with Gasteiger partial charge in [0, 0.05) is 12.6 Å². The van der Waals surface area contributed by atoms with Crippen LogP contribution in [0, 0.1) is 0 Å². The molecule has 128 valence electrons. The SMILES string of the molecule is CC(CN(P(=O)(O)O)P(=O)(O)O)N(P(=O)(O)O)P(=O)(O)O. The zero-order valence-corrected chi connectivity index (χ0v) is 13.8.